The third-order valence-corrected chi connectivity index (χ3v) is 3.32. The fourth-order valence-corrected chi connectivity index (χ4v) is 2.30. The number of ether oxygens (including phenoxy) is 2. The number of hydrogen-bond donors (Lipinski definition) is 0. The summed E-state index contributed by atoms with van der Waals surface area (Å²) in [6.45, 7) is 0. The van der Waals surface area contributed by atoms with Gasteiger partial charge in [0.15, 0.2) is 17.2 Å². The summed E-state index contributed by atoms with van der Waals surface area (Å²) in [5.74, 6) is 1.29. The third-order valence-electron chi connectivity index (χ3n) is 2.34. The lowest BCUT2D eigenvalue weighted by Crippen LogP contribution is -1.92. The number of rotatable bonds is 4. The first-order valence-corrected chi connectivity index (χ1v) is 6.21. The zero-order valence-corrected chi connectivity index (χ0v) is 11.3. The highest BCUT2D eigenvalue weighted by atomic mass is 32.2. The second kappa shape index (κ2) is 6.07. The molecule has 0 spiro atoms. The molecule has 0 N–H and O–H groups in total. The van der Waals surface area contributed by atoms with Crippen molar-refractivity contribution in [1.29, 1.82) is 5.26 Å². The molecule has 0 atom stereocenters. The molecule has 96 valence electrons. The topological polar surface area (TPSA) is 68.0 Å². The Kier molecular flexibility index (Phi) is 4.21. The van der Waals surface area contributed by atoms with E-state index in [0.717, 1.165) is 4.90 Å². The highest BCUT2D eigenvalue weighted by Crippen LogP contribution is 2.35. The molecule has 0 bridgehead atoms. The molecule has 0 saturated heterocycles. The van der Waals surface area contributed by atoms with Gasteiger partial charge in [0.1, 0.15) is 11.1 Å². The van der Waals surface area contributed by atoms with Crippen molar-refractivity contribution >= 4 is 11.8 Å². The van der Waals surface area contributed by atoms with E-state index in [1.54, 1.807) is 20.4 Å². The van der Waals surface area contributed by atoms with Gasteiger partial charge in [-0.3, -0.25) is 0 Å². The zero-order chi connectivity index (χ0) is 13.7. The summed E-state index contributed by atoms with van der Waals surface area (Å²) in [5, 5.41) is 9.54. The van der Waals surface area contributed by atoms with Crippen LogP contribution < -0.4 is 9.47 Å². The molecular weight excluding hydrogens is 262 g/mol. The van der Waals surface area contributed by atoms with Crippen molar-refractivity contribution in [3.8, 4) is 17.6 Å². The normalized spacial score (nSPS) is 9.74. The molecular formula is C13H11N3O2S. The minimum absolute atomic E-state index is 0.308. The largest absolute Gasteiger partial charge is 0.493 e. The van der Waals surface area contributed by atoms with Gasteiger partial charge in [-0.1, -0.05) is 11.8 Å². The number of aromatic nitrogens is 2. The molecule has 6 heteroatoms. The lowest BCUT2D eigenvalue weighted by molar-refractivity contribution is 0.354. The predicted molar refractivity (Wildman–Crippen MR) is 70.4 cm³/mol. The lowest BCUT2D eigenvalue weighted by Gasteiger charge is -2.09. The van der Waals surface area contributed by atoms with Crippen LogP contribution >= 0.6 is 11.8 Å². The standard InChI is InChI=1S/C13H11N3O2S/c1-17-11-4-3-9(7-12(11)18-2)19-13-10(8-14)15-5-6-16-13/h3-7H,1-2H3. The van der Waals surface area contributed by atoms with Gasteiger partial charge in [0, 0.05) is 17.3 Å². The average Bonchev–Trinajstić information content (AvgIpc) is 2.47. The number of benzene rings is 1. The van der Waals surface area contributed by atoms with E-state index in [9.17, 15) is 0 Å². The first kappa shape index (κ1) is 13.2. The van der Waals surface area contributed by atoms with Crippen LogP contribution in [-0.4, -0.2) is 24.2 Å². The van der Waals surface area contributed by atoms with Crippen LogP contribution in [0.5, 0.6) is 11.5 Å². The molecule has 0 aliphatic carbocycles. The maximum atomic E-state index is 8.97. The SMILES string of the molecule is COc1ccc(Sc2nccnc2C#N)cc1OC. The molecule has 0 aliphatic rings. The van der Waals surface area contributed by atoms with Crippen LogP contribution in [0.2, 0.25) is 0 Å². The van der Waals surface area contributed by atoms with Crippen LogP contribution in [0.25, 0.3) is 0 Å². The Labute approximate surface area is 115 Å². The number of hydrogen-bond acceptors (Lipinski definition) is 6. The monoisotopic (exact) mass is 273 g/mol. The van der Waals surface area contributed by atoms with E-state index in [0.29, 0.717) is 22.2 Å². The molecule has 1 aromatic heterocycles. The highest BCUT2D eigenvalue weighted by molar-refractivity contribution is 7.99. The summed E-state index contributed by atoms with van der Waals surface area (Å²) >= 11 is 1.36. The molecule has 19 heavy (non-hydrogen) atoms. The van der Waals surface area contributed by atoms with E-state index in [-0.39, 0.29) is 0 Å². The maximum absolute atomic E-state index is 8.97. The number of nitrogens with zero attached hydrogens (tertiary/aromatic N) is 3. The summed E-state index contributed by atoms with van der Waals surface area (Å²) in [6.07, 6.45) is 3.06. The molecule has 5 nitrogen and oxygen atoms in total. The summed E-state index contributed by atoms with van der Waals surface area (Å²) < 4.78 is 10.4. The van der Waals surface area contributed by atoms with Crippen LogP contribution in [0.4, 0.5) is 0 Å². The minimum atomic E-state index is 0.308. The third kappa shape index (κ3) is 2.95. The van der Waals surface area contributed by atoms with Gasteiger partial charge in [-0.2, -0.15) is 5.26 Å². The minimum Gasteiger partial charge on any atom is -0.493 e. The van der Waals surface area contributed by atoms with Gasteiger partial charge >= 0.3 is 0 Å². The van der Waals surface area contributed by atoms with E-state index < -0.39 is 0 Å². The van der Waals surface area contributed by atoms with Crippen LogP contribution in [0, 0.1) is 11.3 Å². The van der Waals surface area contributed by atoms with Crippen LogP contribution in [-0.2, 0) is 0 Å². The second-order valence-corrected chi connectivity index (χ2v) is 4.50. The van der Waals surface area contributed by atoms with Crippen LogP contribution in [0.15, 0.2) is 40.5 Å². The van der Waals surface area contributed by atoms with E-state index >= 15 is 0 Å². The first-order valence-electron chi connectivity index (χ1n) is 5.39. The molecule has 2 aromatic rings. The van der Waals surface area contributed by atoms with Gasteiger partial charge in [-0.25, -0.2) is 9.97 Å². The summed E-state index contributed by atoms with van der Waals surface area (Å²) in [6, 6.07) is 7.54. The van der Waals surface area contributed by atoms with Gasteiger partial charge in [0.25, 0.3) is 0 Å². The Bertz CT molecular complexity index is 626. The molecule has 2 rings (SSSR count). The summed E-state index contributed by atoms with van der Waals surface area (Å²) in [5.41, 5.74) is 0.308. The predicted octanol–water partition coefficient (Wildman–Crippen LogP) is 2.52. The smallest absolute Gasteiger partial charge is 0.173 e. The Morgan fingerprint density at radius 1 is 1.11 bits per heavy atom. The number of methoxy groups -OCH3 is 2. The van der Waals surface area contributed by atoms with Crippen molar-refractivity contribution in [2.45, 2.75) is 9.92 Å². The molecule has 0 aliphatic heterocycles. The van der Waals surface area contributed by atoms with Crippen molar-refractivity contribution in [3.63, 3.8) is 0 Å². The highest BCUT2D eigenvalue weighted by Gasteiger charge is 2.09. The quantitative estimate of drug-likeness (QED) is 0.852. The van der Waals surface area contributed by atoms with Crippen molar-refractivity contribution in [2.24, 2.45) is 0 Å². The second-order valence-electron chi connectivity index (χ2n) is 3.44. The van der Waals surface area contributed by atoms with Gasteiger partial charge in [0.2, 0.25) is 0 Å². The Balaban J connectivity index is 2.31. The van der Waals surface area contributed by atoms with E-state index in [4.69, 9.17) is 14.7 Å². The fraction of sp³-hybridized carbons (Fsp3) is 0.154. The average molecular weight is 273 g/mol. The first-order chi connectivity index (χ1) is 9.28. The Morgan fingerprint density at radius 3 is 2.53 bits per heavy atom. The van der Waals surface area contributed by atoms with Crippen LogP contribution in [0.1, 0.15) is 5.69 Å². The molecule has 1 heterocycles. The summed E-state index contributed by atoms with van der Waals surface area (Å²) in [7, 11) is 3.16. The Hall–Kier alpha value is -2.26. The molecule has 0 radical (unpaired) electrons. The summed E-state index contributed by atoms with van der Waals surface area (Å²) in [4.78, 5) is 9.02. The molecule has 0 saturated carbocycles. The van der Waals surface area contributed by atoms with Crippen molar-refractivity contribution in [2.75, 3.05) is 14.2 Å². The van der Waals surface area contributed by atoms with E-state index in [1.165, 1.54) is 18.0 Å². The van der Waals surface area contributed by atoms with Gasteiger partial charge in [-0.15, -0.1) is 0 Å². The fourth-order valence-electron chi connectivity index (χ4n) is 1.47. The van der Waals surface area contributed by atoms with E-state index in [1.807, 2.05) is 24.3 Å². The van der Waals surface area contributed by atoms with Crippen molar-refractivity contribution in [1.82, 2.24) is 9.97 Å². The lowest BCUT2D eigenvalue weighted by atomic mass is 10.3. The maximum Gasteiger partial charge on any atom is 0.173 e. The zero-order valence-electron chi connectivity index (χ0n) is 10.5. The number of nitriles is 1. The van der Waals surface area contributed by atoms with E-state index in [2.05, 4.69) is 9.97 Å². The van der Waals surface area contributed by atoms with Gasteiger partial charge in [0.05, 0.1) is 14.2 Å². The molecule has 0 unspecified atom stereocenters. The Morgan fingerprint density at radius 2 is 1.84 bits per heavy atom. The molecule has 0 fully saturated rings. The van der Waals surface area contributed by atoms with Crippen LogP contribution in [0.3, 0.4) is 0 Å². The van der Waals surface area contributed by atoms with Gasteiger partial charge in [-0.05, 0) is 18.2 Å². The van der Waals surface area contributed by atoms with Gasteiger partial charge < -0.3 is 9.47 Å². The van der Waals surface area contributed by atoms with Crippen molar-refractivity contribution < 1.29 is 9.47 Å². The van der Waals surface area contributed by atoms with Crippen molar-refractivity contribution in [3.05, 3.63) is 36.3 Å². The molecule has 0 amide bonds. The molecule has 1 aromatic carbocycles.